The Morgan fingerprint density at radius 3 is 2.06 bits per heavy atom. The highest BCUT2D eigenvalue weighted by Gasteiger charge is 2.34. The highest BCUT2D eigenvalue weighted by Crippen LogP contribution is 2.11. The number of nitrogens with one attached hydrogen (secondary N) is 4. The number of aromatic amines is 1. The standard InChI is InChI=1S/C21H36N6O6/c1-6-11(4)16(26-18(29)15(22)10(2)3)19(30)27-17(12(5)28)20(31)25-14(21(32)33)7-13-8-23-9-24-13/h8-12,14-17,28H,6-7,22H2,1-5H3,(H,23,24)(H,25,31)(H,26,29)(H,27,30)(H,32,33). The van der Waals surface area contributed by atoms with Crippen LogP contribution in [0.1, 0.15) is 46.7 Å². The van der Waals surface area contributed by atoms with Crippen molar-refractivity contribution in [3.63, 3.8) is 0 Å². The van der Waals surface area contributed by atoms with Crippen molar-refractivity contribution in [2.45, 2.75) is 77.7 Å². The molecule has 0 saturated heterocycles. The normalized spacial score (nSPS) is 16.7. The molecule has 0 aromatic carbocycles. The summed E-state index contributed by atoms with van der Waals surface area (Å²) in [7, 11) is 0. The predicted octanol–water partition coefficient (Wildman–Crippen LogP) is -1.10. The van der Waals surface area contributed by atoms with E-state index in [2.05, 4.69) is 25.9 Å². The summed E-state index contributed by atoms with van der Waals surface area (Å²) < 4.78 is 0. The van der Waals surface area contributed by atoms with Crippen LogP contribution in [0.5, 0.6) is 0 Å². The number of imidazole rings is 1. The number of nitrogens with two attached hydrogens (primary N) is 1. The first-order valence-electron chi connectivity index (χ1n) is 10.9. The summed E-state index contributed by atoms with van der Waals surface area (Å²) in [5.74, 6) is -3.80. The van der Waals surface area contributed by atoms with Crippen LogP contribution in [0.3, 0.4) is 0 Å². The lowest BCUT2D eigenvalue weighted by Crippen LogP contribution is -2.61. The van der Waals surface area contributed by atoms with Crippen LogP contribution in [0, 0.1) is 11.8 Å². The van der Waals surface area contributed by atoms with Crippen LogP contribution < -0.4 is 21.7 Å². The lowest BCUT2D eigenvalue weighted by atomic mass is 9.96. The number of hydrogen-bond donors (Lipinski definition) is 7. The summed E-state index contributed by atoms with van der Waals surface area (Å²) >= 11 is 0. The first-order chi connectivity index (χ1) is 15.4. The van der Waals surface area contributed by atoms with Gasteiger partial charge in [0.2, 0.25) is 17.7 Å². The van der Waals surface area contributed by atoms with Crippen molar-refractivity contribution in [1.29, 1.82) is 0 Å². The molecule has 1 heterocycles. The summed E-state index contributed by atoms with van der Waals surface area (Å²) in [4.78, 5) is 56.3. The van der Waals surface area contributed by atoms with Gasteiger partial charge >= 0.3 is 5.97 Å². The second kappa shape index (κ2) is 12.9. The molecule has 0 saturated carbocycles. The third kappa shape index (κ3) is 8.46. The Bertz CT molecular complexity index is 797. The number of hydrogen-bond acceptors (Lipinski definition) is 7. The first-order valence-corrected chi connectivity index (χ1v) is 10.9. The maximum Gasteiger partial charge on any atom is 0.326 e. The van der Waals surface area contributed by atoms with E-state index in [0.717, 1.165) is 0 Å². The first kappa shape index (κ1) is 28.0. The van der Waals surface area contributed by atoms with E-state index in [-0.39, 0.29) is 18.3 Å². The average Bonchev–Trinajstić information content (AvgIpc) is 3.26. The number of carboxylic acids is 1. The minimum Gasteiger partial charge on any atom is -0.480 e. The van der Waals surface area contributed by atoms with Gasteiger partial charge < -0.3 is 36.9 Å². The fourth-order valence-electron chi connectivity index (χ4n) is 2.98. The highest BCUT2D eigenvalue weighted by atomic mass is 16.4. The van der Waals surface area contributed by atoms with Gasteiger partial charge in [0.05, 0.1) is 18.5 Å². The van der Waals surface area contributed by atoms with Crippen LogP contribution in [0.15, 0.2) is 12.5 Å². The molecule has 0 aliphatic rings. The fourth-order valence-corrected chi connectivity index (χ4v) is 2.98. The zero-order chi connectivity index (χ0) is 25.3. The summed E-state index contributed by atoms with van der Waals surface area (Å²) in [6.07, 6.45) is 1.95. The zero-order valence-electron chi connectivity index (χ0n) is 19.7. The zero-order valence-corrected chi connectivity index (χ0v) is 19.7. The molecular formula is C21H36N6O6. The molecule has 0 radical (unpaired) electrons. The molecule has 8 N–H and O–H groups in total. The predicted molar refractivity (Wildman–Crippen MR) is 120 cm³/mol. The van der Waals surface area contributed by atoms with Crippen LogP contribution in [0.4, 0.5) is 0 Å². The van der Waals surface area contributed by atoms with Crippen molar-refractivity contribution >= 4 is 23.7 Å². The average molecular weight is 469 g/mol. The SMILES string of the molecule is CCC(C)C(NC(=O)C(N)C(C)C)C(=O)NC(C(=O)NC(Cc1cnc[nH]1)C(=O)O)C(C)O. The number of aromatic nitrogens is 2. The number of H-pyrrole nitrogens is 1. The molecule has 1 aromatic heterocycles. The van der Waals surface area contributed by atoms with Gasteiger partial charge in [-0.2, -0.15) is 0 Å². The molecule has 0 bridgehead atoms. The molecule has 0 spiro atoms. The number of aliphatic carboxylic acids is 1. The molecule has 12 nitrogen and oxygen atoms in total. The number of aliphatic hydroxyl groups is 1. The molecule has 0 aliphatic heterocycles. The topological polar surface area (TPSA) is 200 Å². The molecule has 1 rings (SSSR count). The Labute approximate surface area is 193 Å². The van der Waals surface area contributed by atoms with Crippen molar-refractivity contribution in [2.24, 2.45) is 17.6 Å². The Hall–Kier alpha value is -2.99. The lowest BCUT2D eigenvalue weighted by molar-refractivity contribution is -0.143. The molecule has 33 heavy (non-hydrogen) atoms. The van der Waals surface area contributed by atoms with E-state index in [9.17, 15) is 29.4 Å². The van der Waals surface area contributed by atoms with Gasteiger partial charge in [0.1, 0.15) is 18.1 Å². The third-order valence-electron chi connectivity index (χ3n) is 5.47. The van der Waals surface area contributed by atoms with Crippen molar-refractivity contribution in [1.82, 2.24) is 25.9 Å². The van der Waals surface area contributed by atoms with Gasteiger partial charge in [0.25, 0.3) is 0 Å². The van der Waals surface area contributed by atoms with Gasteiger partial charge in [-0.1, -0.05) is 34.1 Å². The number of carboxylic acid groups (broad SMARTS) is 1. The van der Waals surface area contributed by atoms with Gasteiger partial charge in [-0.15, -0.1) is 0 Å². The number of carbonyl (C=O) groups excluding carboxylic acids is 3. The van der Waals surface area contributed by atoms with Crippen molar-refractivity contribution in [3.05, 3.63) is 18.2 Å². The number of carbonyl (C=O) groups is 4. The highest BCUT2D eigenvalue weighted by molar-refractivity contribution is 5.94. The van der Waals surface area contributed by atoms with Crippen LogP contribution >= 0.6 is 0 Å². The Kier molecular flexibility index (Phi) is 11.0. The molecule has 186 valence electrons. The van der Waals surface area contributed by atoms with Gasteiger partial charge in [0, 0.05) is 18.3 Å². The number of nitrogens with zero attached hydrogens (tertiary/aromatic N) is 1. The van der Waals surface area contributed by atoms with E-state index < -0.39 is 54.0 Å². The fraction of sp³-hybridized carbons (Fsp3) is 0.667. The maximum atomic E-state index is 13.0. The number of amides is 3. The second-order valence-electron chi connectivity index (χ2n) is 8.55. The smallest absolute Gasteiger partial charge is 0.326 e. The number of rotatable bonds is 13. The van der Waals surface area contributed by atoms with Gasteiger partial charge in [-0.25, -0.2) is 9.78 Å². The van der Waals surface area contributed by atoms with Crippen molar-refractivity contribution in [3.8, 4) is 0 Å². The summed E-state index contributed by atoms with van der Waals surface area (Å²) in [6.45, 7) is 8.44. The van der Waals surface area contributed by atoms with E-state index in [1.807, 2.05) is 6.92 Å². The van der Waals surface area contributed by atoms with Crippen LogP contribution in [0.2, 0.25) is 0 Å². The monoisotopic (exact) mass is 468 g/mol. The van der Waals surface area contributed by atoms with Gasteiger partial charge in [-0.3, -0.25) is 14.4 Å². The molecule has 1 aromatic rings. The van der Waals surface area contributed by atoms with E-state index in [0.29, 0.717) is 12.1 Å². The Balaban J connectivity index is 2.97. The van der Waals surface area contributed by atoms with E-state index >= 15 is 0 Å². The van der Waals surface area contributed by atoms with Crippen molar-refractivity contribution < 1.29 is 29.4 Å². The van der Waals surface area contributed by atoms with Crippen LogP contribution in [0.25, 0.3) is 0 Å². The summed E-state index contributed by atoms with van der Waals surface area (Å²) in [5.41, 5.74) is 6.36. The molecule has 6 atom stereocenters. The van der Waals surface area contributed by atoms with Gasteiger partial charge in [0.15, 0.2) is 0 Å². The molecule has 12 heteroatoms. The Morgan fingerprint density at radius 1 is 1.03 bits per heavy atom. The summed E-state index contributed by atoms with van der Waals surface area (Å²) in [6, 6.07) is -4.57. The minimum atomic E-state index is -1.44. The minimum absolute atomic E-state index is 0.0693. The largest absolute Gasteiger partial charge is 0.480 e. The van der Waals surface area contributed by atoms with Crippen LogP contribution in [-0.4, -0.2) is 74.1 Å². The van der Waals surface area contributed by atoms with Gasteiger partial charge in [-0.05, 0) is 18.8 Å². The van der Waals surface area contributed by atoms with E-state index in [4.69, 9.17) is 5.73 Å². The lowest BCUT2D eigenvalue weighted by Gasteiger charge is -2.29. The summed E-state index contributed by atoms with van der Waals surface area (Å²) in [5, 5.41) is 27.0. The third-order valence-corrected chi connectivity index (χ3v) is 5.47. The Morgan fingerprint density at radius 2 is 1.61 bits per heavy atom. The molecule has 6 unspecified atom stereocenters. The molecular weight excluding hydrogens is 432 g/mol. The van der Waals surface area contributed by atoms with E-state index in [1.54, 1.807) is 20.8 Å². The number of aliphatic hydroxyl groups excluding tert-OH is 1. The second-order valence-corrected chi connectivity index (χ2v) is 8.55. The van der Waals surface area contributed by atoms with Crippen molar-refractivity contribution in [2.75, 3.05) is 0 Å². The quantitative estimate of drug-likeness (QED) is 0.189. The molecule has 0 fully saturated rings. The van der Waals surface area contributed by atoms with Crippen LogP contribution in [-0.2, 0) is 25.6 Å². The maximum absolute atomic E-state index is 13.0. The molecule has 0 aliphatic carbocycles. The van der Waals surface area contributed by atoms with E-state index in [1.165, 1.54) is 19.4 Å². The molecule has 3 amide bonds.